The minimum Gasteiger partial charge on any atom is -0.480 e. The van der Waals surface area contributed by atoms with E-state index >= 15 is 0 Å². The van der Waals surface area contributed by atoms with Crippen LogP contribution < -0.4 is 10.5 Å². The van der Waals surface area contributed by atoms with Gasteiger partial charge in [-0.25, -0.2) is 4.39 Å². The molecule has 0 aliphatic carbocycles. The molecule has 0 aliphatic heterocycles. The third-order valence-electron chi connectivity index (χ3n) is 1.85. The van der Waals surface area contributed by atoms with Gasteiger partial charge in [0.05, 0.1) is 4.92 Å². The van der Waals surface area contributed by atoms with Gasteiger partial charge in [0, 0.05) is 12.6 Å². The van der Waals surface area contributed by atoms with Crippen molar-refractivity contribution in [2.24, 2.45) is 5.73 Å². The Kier molecular flexibility index (Phi) is 3.96. The summed E-state index contributed by atoms with van der Waals surface area (Å²) < 4.78 is 18.3. The molecule has 0 unspecified atom stereocenters. The number of nitro groups is 1. The van der Waals surface area contributed by atoms with Crippen LogP contribution in [0.15, 0.2) is 30.4 Å². The molecule has 1 rings (SSSR count). The molecule has 0 radical (unpaired) electrons. The lowest BCUT2D eigenvalue weighted by molar-refractivity contribution is -0.386. The molecule has 2 N–H and O–H groups in total. The second-order valence-corrected chi connectivity index (χ2v) is 3.09. The SMILES string of the molecule is C=C(CN)COc1c(F)cccc1[N+](=O)[O-]. The van der Waals surface area contributed by atoms with Gasteiger partial charge in [-0.15, -0.1) is 0 Å². The number of para-hydroxylation sites is 1. The van der Waals surface area contributed by atoms with Crippen molar-refractivity contribution in [3.63, 3.8) is 0 Å². The lowest BCUT2D eigenvalue weighted by atomic mass is 10.3. The minimum atomic E-state index is -0.779. The Morgan fingerprint density at radius 2 is 2.31 bits per heavy atom. The van der Waals surface area contributed by atoms with E-state index in [4.69, 9.17) is 10.5 Å². The number of hydrogen-bond acceptors (Lipinski definition) is 4. The van der Waals surface area contributed by atoms with Crippen LogP contribution in [0.3, 0.4) is 0 Å². The normalized spacial score (nSPS) is 9.88. The molecule has 0 aromatic heterocycles. The second kappa shape index (κ2) is 5.22. The van der Waals surface area contributed by atoms with E-state index in [9.17, 15) is 14.5 Å². The summed E-state index contributed by atoms with van der Waals surface area (Å²) in [5.74, 6) is -1.17. The van der Waals surface area contributed by atoms with Gasteiger partial charge in [-0.05, 0) is 11.6 Å². The summed E-state index contributed by atoms with van der Waals surface area (Å²) in [6.45, 7) is 3.69. The molecule has 0 fully saturated rings. The van der Waals surface area contributed by atoms with Gasteiger partial charge in [-0.2, -0.15) is 0 Å². The molecule has 0 spiro atoms. The first-order valence-corrected chi connectivity index (χ1v) is 4.48. The van der Waals surface area contributed by atoms with Crippen molar-refractivity contribution in [3.05, 3.63) is 46.3 Å². The van der Waals surface area contributed by atoms with E-state index in [1.165, 1.54) is 12.1 Å². The number of rotatable bonds is 5. The Bertz CT molecular complexity index is 421. The summed E-state index contributed by atoms with van der Waals surface area (Å²) >= 11 is 0. The molecule has 6 heteroatoms. The fourth-order valence-corrected chi connectivity index (χ4v) is 1.02. The van der Waals surface area contributed by atoms with Crippen molar-refractivity contribution in [3.8, 4) is 5.75 Å². The predicted molar refractivity (Wildman–Crippen MR) is 56.7 cm³/mol. The maximum Gasteiger partial charge on any atom is 0.314 e. The number of benzene rings is 1. The number of nitro benzene ring substituents is 1. The predicted octanol–water partition coefficient (Wildman–Crippen LogP) is 1.63. The number of nitrogens with two attached hydrogens (primary N) is 1. The summed E-state index contributed by atoms with van der Waals surface area (Å²) in [6.07, 6.45) is 0. The minimum absolute atomic E-state index is 0.0434. The zero-order chi connectivity index (χ0) is 12.1. The van der Waals surface area contributed by atoms with E-state index in [-0.39, 0.29) is 18.9 Å². The Labute approximate surface area is 91.5 Å². The maximum atomic E-state index is 13.3. The van der Waals surface area contributed by atoms with Crippen LogP contribution in [0.1, 0.15) is 0 Å². The van der Waals surface area contributed by atoms with Crippen LogP contribution in [0.4, 0.5) is 10.1 Å². The number of hydrogen-bond donors (Lipinski definition) is 1. The molecular weight excluding hydrogens is 215 g/mol. The molecule has 0 aliphatic rings. The highest BCUT2D eigenvalue weighted by molar-refractivity contribution is 5.47. The van der Waals surface area contributed by atoms with Crippen LogP contribution in [-0.2, 0) is 0 Å². The molecule has 0 saturated carbocycles. The van der Waals surface area contributed by atoms with Crippen molar-refractivity contribution in [2.45, 2.75) is 0 Å². The average Bonchev–Trinajstić information content (AvgIpc) is 2.26. The van der Waals surface area contributed by atoms with Gasteiger partial charge < -0.3 is 10.5 Å². The third-order valence-corrected chi connectivity index (χ3v) is 1.85. The van der Waals surface area contributed by atoms with Crippen LogP contribution >= 0.6 is 0 Å². The first-order valence-electron chi connectivity index (χ1n) is 4.48. The van der Waals surface area contributed by atoms with Crippen molar-refractivity contribution in [2.75, 3.05) is 13.2 Å². The first kappa shape index (κ1) is 12.1. The van der Waals surface area contributed by atoms with Crippen LogP contribution in [0.2, 0.25) is 0 Å². The summed E-state index contributed by atoms with van der Waals surface area (Å²) in [5.41, 5.74) is 5.38. The van der Waals surface area contributed by atoms with Gasteiger partial charge in [-0.1, -0.05) is 12.6 Å². The topological polar surface area (TPSA) is 78.4 Å². The largest absolute Gasteiger partial charge is 0.480 e. The van der Waals surface area contributed by atoms with Crippen LogP contribution in [0.25, 0.3) is 0 Å². The van der Waals surface area contributed by atoms with Crippen LogP contribution in [-0.4, -0.2) is 18.1 Å². The maximum absolute atomic E-state index is 13.3. The molecule has 0 heterocycles. The molecule has 16 heavy (non-hydrogen) atoms. The van der Waals surface area contributed by atoms with Gasteiger partial charge in [0.2, 0.25) is 5.75 Å². The number of halogens is 1. The fraction of sp³-hybridized carbons (Fsp3) is 0.200. The summed E-state index contributed by atoms with van der Waals surface area (Å²) in [6, 6.07) is 3.51. The van der Waals surface area contributed by atoms with Crippen LogP contribution in [0.5, 0.6) is 5.75 Å². The van der Waals surface area contributed by atoms with Crippen LogP contribution in [0, 0.1) is 15.9 Å². The van der Waals surface area contributed by atoms with Gasteiger partial charge in [0.25, 0.3) is 0 Å². The van der Waals surface area contributed by atoms with E-state index < -0.39 is 16.4 Å². The quantitative estimate of drug-likeness (QED) is 0.470. The van der Waals surface area contributed by atoms with Gasteiger partial charge >= 0.3 is 5.69 Å². The van der Waals surface area contributed by atoms with E-state index in [1.54, 1.807) is 0 Å². The number of ether oxygens (including phenoxy) is 1. The summed E-state index contributed by atoms with van der Waals surface area (Å²) in [5, 5.41) is 10.6. The van der Waals surface area contributed by atoms with Gasteiger partial charge in [-0.3, -0.25) is 10.1 Å². The lowest BCUT2D eigenvalue weighted by Gasteiger charge is -2.08. The van der Waals surface area contributed by atoms with Crippen molar-refractivity contribution in [1.82, 2.24) is 0 Å². The molecule has 0 atom stereocenters. The van der Waals surface area contributed by atoms with Crippen molar-refractivity contribution in [1.29, 1.82) is 0 Å². The molecular formula is C10H11FN2O3. The van der Waals surface area contributed by atoms with E-state index in [1.807, 2.05) is 0 Å². The fourth-order valence-electron chi connectivity index (χ4n) is 1.02. The Hall–Kier alpha value is -1.95. The molecule has 86 valence electrons. The van der Waals surface area contributed by atoms with E-state index in [2.05, 4.69) is 6.58 Å². The number of nitrogens with zero attached hydrogens (tertiary/aromatic N) is 1. The highest BCUT2D eigenvalue weighted by Gasteiger charge is 2.19. The monoisotopic (exact) mass is 226 g/mol. The first-order chi connectivity index (χ1) is 7.56. The highest BCUT2D eigenvalue weighted by atomic mass is 19.1. The smallest absolute Gasteiger partial charge is 0.314 e. The van der Waals surface area contributed by atoms with Gasteiger partial charge in [0.1, 0.15) is 6.61 Å². The Morgan fingerprint density at radius 3 is 2.88 bits per heavy atom. The molecule has 1 aromatic carbocycles. The Balaban J connectivity index is 2.93. The standard InChI is InChI=1S/C10H11FN2O3/c1-7(5-12)6-16-10-8(11)3-2-4-9(10)13(14)15/h2-4H,1,5-6,12H2. The van der Waals surface area contributed by atoms with Crippen molar-refractivity contribution < 1.29 is 14.1 Å². The summed E-state index contributed by atoms with van der Waals surface area (Å²) in [4.78, 5) is 9.90. The lowest BCUT2D eigenvalue weighted by Crippen LogP contribution is -2.11. The van der Waals surface area contributed by atoms with E-state index in [0.717, 1.165) is 6.07 Å². The van der Waals surface area contributed by atoms with Crippen molar-refractivity contribution >= 4 is 5.69 Å². The third kappa shape index (κ3) is 2.77. The zero-order valence-electron chi connectivity index (χ0n) is 8.48. The molecule has 5 nitrogen and oxygen atoms in total. The Morgan fingerprint density at radius 1 is 1.62 bits per heavy atom. The highest BCUT2D eigenvalue weighted by Crippen LogP contribution is 2.29. The summed E-state index contributed by atoms with van der Waals surface area (Å²) in [7, 11) is 0. The van der Waals surface area contributed by atoms with Gasteiger partial charge in [0.15, 0.2) is 5.82 Å². The molecule has 1 aromatic rings. The average molecular weight is 226 g/mol. The van der Waals surface area contributed by atoms with E-state index in [0.29, 0.717) is 5.57 Å². The molecule has 0 amide bonds. The second-order valence-electron chi connectivity index (χ2n) is 3.09. The molecule has 0 bridgehead atoms. The zero-order valence-corrected chi connectivity index (χ0v) is 8.48. The molecule has 0 saturated heterocycles.